The number of phenols is 1. The molecule has 0 aliphatic rings. The Morgan fingerprint density at radius 1 is 1.05 bits per heavy atom. The second kappa shape index (κ2) is 4.69. The van der Waals surface area contributed by atoms with Gasteiger partial charge in [-0.25, -0.2) is 0 Å². The van der Waals surface area contributed by atoms with Crippen LogP contribution in [0.1, 0.15) is 5.69 Å². The number of fused-ring (bicyclic) bond motifs is 1. The highest BCUT2D eigenvalue weighted by molar-refractivity contribution is 5.86. The Morgan fingerprint density at radius 2 is 1.84 bits per heavy atom. The van der Waals surface area contributed by atoms with Crippen LogP contribution >= 0.6 is 0 Å². The van der Waals surface area contributed by atoms with Crippen molar-refractivity contribution in [3.8, 4) is 11.5 Å². The molecule has 96 valence electrons. The SMILES string of the molecule is Cn1c(COc2ccccc2)cc2cccc(O)c21. The highest BCUT2D eigenvalue weighted by Gasteiger charge is 2.09. The van der Waals surface area contributed by atoms with Crippen LogP contribution in [0.5, 0.6) is 11.5 Å². The van der Waals surface area contributed by atoms with Gasteiger partial charge in [-0.2, -0.15) is 0 Å². The summed E-state index contributed by atoms with van der Waals surface area (Å²) < 4.78 is 7.71. The summed E-state index contributed by atoms with van der Waals surface area (Å²) in [6.07, 6.45) is 0. The van der Waals surface area contributed by atoms with Gasteiger partial charge in [-0.3, -0.25) is 0 Å². The fourth-order valence-electron chi connectivity index (χ4n) is 2.26. The third kappa shape index (κ3) is 2.15. The van der Waals surface area contributed by atoms with Gasteiger partial charge in [0.15, 0.2) is 0 Å². The number of para-hydroxylation sites is 2. The van der Waals surface area contributed by atoms with E-state index in [0.29, 0.717) is 12.4 Å². The Morgan fingerprint density at radius 3 is 2.58 bits per heavy atom. The molecule has 0 spiro atoms. The maximum absolute atomic E-state index is 9.89. The lowest BCUT2D eigenvalue weighted by Gasteiger charge is -2.07. The number of rotatable bonds is 3. The minimum absolute atomic E-state index is 0.297. The minimum atomic E-state index is 0.297. The van der Waals surface area contributed by atoms with E-state index in [0.717, 1.165) is 22.3 Å². The van der Waals surface area contributed by atoms with E-state index in [4.69, 9.17) is 4.74 Å². The normalized spacial score (nSPS) is 10.8. The summed E-state index contributed by atoms with van der Waals surface area (Å²) in [5.41, 5.74) is 1.87. The summed E-state index contributed by atoms with van der Waals surface area (Å²) in [4.78, 5) is 0. The first-order chi connectivity index (χ1) is 9.25. The van der Waals surface area contributed by atoms with Crippen molar-refractivity contribution in [2.45, 2.75) is 6.61 Å². The molecule has 0 radical (unpaired) electrons. The van der Waals surface area contributed by atoms with Gasteiger partial charge in [0.05, 0.1) is 11.2 Å². The van der Waals surface area contributed by atoms with Gasteiger partial charge in [0.25, 0.3) is 0 Å². The smallest absolute Gasteiger partial charge is 0.139 e. The predicted octanol–water partition coefficient (Wildman–Crippen LogP) is 3.46. The van der Waals surface area contributed by atoms with Crippen LogP contribution in [0.2, 0.25) is 0 Å². The number of nitrogens with zero attached hydrogens (tertiary/aromatic N) is 1. The zero-order valence-corrected chi connectivity index (χ0v) is 10.7. The van der Waals surface area contributed by atoms with E-state index >= 15 is 0 Å². The van der Waals surface area contributed by atoms with Crippen molar-refractivity contribution in [3.63, 3.8) is 0 Å². The molecular formula is C16H15NO2. The minimum Gasteiger partial charge on any atom is -0.506 e. The second-order valence-electron chi connectivity index (χ2n) is 4.51. The molecule has 2 aromatic carbocycles. The van der Waals surface area contributed by atoms with Crippen molar-refractivity contribution in [1.29, 1.82) is 0 Å². The lowest BCUT2D eigenvalue weighted by atomic mass is 10.2. The van der Waals surface area contributed by atoms with E-state index in [1.54, 1.807) is 6.07 Å². The number of aryl methyl sites for hydroxylation is 1. The summed E-state index contributed by atoms with van der Waals surface area (Å²) in [7, 11) is 1.94. The third-order valence-electron chi connectivity index (χ3n) is 3.26. The van der Waals surface area contributed by atoms with Gasteiger partial charge in [0.1, 0.15) is 18.1 Å². The van der Waals surface area contributed by atoms with Crippen molar-refractivity contribution in [2.75, 3.05) is 0 Å². The van der Waals surface area contributed by atoms with Crippen LogP contribution in [-0.2, 0) is 13.7 Å². The largest absolute Gasteiger partial charge is 0.506 e. The van der Waals surface area contributed by atoms with Gasteiger partial charge < -0.3 is 14.4 Å². The average molecular weight is 253 g/mol. The van der Waals surface area contributed by atoms with Crippen molar-refractivity contribution in [1.82, 2.24) is 4.57 Å². The standard InChI is InChI=1S/C16H15NO2/c1-17-13(11-19-14-7-3-2-4-8-14)10-12-6-5-9-15(18)16(12)17/h2-10,18H,11H2,1H3. The molecule has 0 saturated carbocycles. The van der Waals surface area contributed by atoms with E-state index in [9.17, 15) is 5.11 Å². The molecule has 3 heteroatoms. The summed E-state index contributed by atoms with van der Waals surface area (Å²) >= 11 is 0. The molecule has 0 bridgehead atoms. The maximum Gasteiger partial charge on any atom is 0.139 e. The third-order valence-corrected chi connectivity index (χ3v) is 3.26. The number of ether oxygens (including phenoxy) is 1. The van der Waals surface area contributed by atoms with E-state index in [-0.39, 0.29) is 0 Å². The van der Waals surface area contributed by atoms with Crippen LogP contribution in [0.3, 0.4) is 0 Å². The first-order valence-electron chi connectivity index (χ1n) is 6.20. The lowest BCUT2D eigenvalue weighted by molar-refractivity contribution is 0.297. The van der Waals surface area contributed by atoms with Gasteiger partial charge in [-0.1, -0.05) is 30.3 Å². The molecule has 1 N–H and O–H groups in total. The zero-order chi connectivity index (χ0) is 13.2. The number of benzene rings is 2. The molecule has 19 heavy (non-hydrogen) atoms. The van der Waals surface area contributed by atoms with Crippen LogP contribution in [-0.4, -0.2) is 9.67 Å². The van der Waals surface area contributed by atoms with Gasteiger partial charge >= 0.3 is 0 Å². The first-order valence-corrected chi connectivity index (χ1v) is 6.20. The summed E-state index contributed by atoms with van der Waals surface area (Å²) in [6, 6.07) is 17.3. The highest BCUT2D eigenvalue weighted by atomic mass is 16.5. The average Bonchev–Trinajstić information content (AvgIpc) is 2.76. The number of phenolic OH excluding ortho intramolecular Hbond substituents is 1. The Hall–Kier alpha value is -2.42. The van der Waals surface area contributed by atoms with Crippen molar-refractivity contribution in [3.05, 3.63) is 60.3 Å². The van der Waals surface area contributed by atoms with Gasteiger partial charge in [0.2, 0.25) is 0 Å². The molecule has 3 rings (SSSR count). The van der Waals surface area contributed by atoms with E-state index in [2.05, 4.69) is 0 Å². The molecule has 0 aliphatic carbocycles. The highest BCUT2D eigenvalue weighted by Crippen LogP contribution is 2.27. The molecular weight excluding hydrogens is 238 g/mol. The van der Waals surface area contributed by atoms with E-state index in [1.165, 1.54) is 0 Å². The molecule has 0 amide bonds. The molecule has 1 aromatic heterocycles. The zero-order valence-electron chi connectivity index (χ0n) is 10.7. The molecule has 1 heterocycles. The summed E-state index contributed by atoms with van der Waals surface area (Å²) in [5, 5.41) is 10.9. The van der Waals surface area contributed by atoms with Crippen LogP contribution in [0.15, 0.2) is 54.6 Å². The second-order valence-corrected chi connectivity index (χ2v) is 4.51. The van der Waals surface area contributed by atoms with Crippen molar-refractivity contribution >= 4 is 10.9 Å². The molecule has 3 nitrogen and oxygen atoms in total. The molecule has 0 unspecified atom stereocenters. The van der Waals surface area contributed by atoms with E-state index in [1.807, 2.05) is 60.1 Å². The fourth-order valence-corrected chi connectivity index (χ4v) is 2.26. The number of aromatic nitrogens is 1. The topological polar surface area (TPSA) is 34.4 Å². The van der Waals surface area contributed by atoms with Gasteiger partial charge in [0, 0.05) is 12.4 Å². The Labute approximate surface area is 111 Å². The van der Waals surface area contributed by atoms with Crippen LogP contribution < -0.4 is 4.74 Å². The first kappa shape index (κ1) is 11.7. The van der Waals surface area contributed by atoms with Crippen LogP contribution in [0.4, 0.5) is 0 Å². The quantitative estimate of drug-likeness (QED) is 0.775. The summed E-state index contributed by atoms with van der Waals surface area (Å²) in [6.45, 7) is 0.481. The van der Waals surface area contributed by atoms with Crippen LogP contribution in [0, 0.1) is 0 Å². The number of hydrogen-bond acceptors (Lipinski definition) is 2. The molecule has 0 fully saturated rings. The fraction of sp³-hybridized carbons (Fsp3) is 0.125. The number of aromatic hydroxyl groups is 1. The maximum atomic E-state index is 9.89. The monoisotopic (exact) mass is 253 g/mol. The Balaban J connectivity index is 1.90. The molecule has 0 aliphatic heterocycles. The molecule has 0 atom stereocenters. The predicted molar refractivity (Wildman–Crippen MR) is 75.4 cm³/mol. The van der Waals surface area contributed by atoms with Crippen LogP contribution in [0.25, 0.3) is 10.9 Å². The lowest BCUT2D eigenvalue weighted by Crippen LogP contribution is -2.01. The van der Waals surface area contributed by atoms with Gasteiger partial charge in [-0.05, 0) is 24.3 Å². The van der Waals surface area contributed by atoms with E-state index < -0.39 is 0 Å². The molecule has 0 saturated heterocycles. The van der Waals surface area contributed by atoms with Crippen molar-refractivity contribution in [2.24, 2.45) is 7.05 Å². The summed E-state index contributed by atoms with van der Waals surface area (Å²) in [5.74, 6) is 1.14. The van der Waals surface area contributed by atoms with Gasteiger partial charge in [-0.15, -0.1) is 0 Å². The Bertz CT molecular complexity index is 701. The van der Waals surface area contributed by atoms with Crippen molar-refractivity contribution < 1.29 is 9.84 Å². The number of hydrogen-bond donors (Lipinski definition) is 1. The Kier molecular flexibility index (Phi) is 2.88. The molecule has 3 aromatic rings.